The molecule has 2 rings (SSSR count). The van der Waals surface area contributed by atoms with Crippen molar-refractivity contribution in [2.45, 2.75) is 46.1 Å². The van der Waals surface area contributed by atoms with Gasteiger partial charge in [0.05, 0.1) is 0 Å². The van der Waals surface area contributed by atoms with E-state index in [1.165, 1.54) is 11.1 Å². The van der Waals surface area contributed by atoms with Crippen LogP contribution >= 0.6 is 24.0 Å². The van der Waals surface area contributed by atoms with Gasteiger partial charge in [0.25, 0.3) is 0 Å². The average molecular weight is 496 g/mol. The number of rotatable bonds is 9. The lowest BCUT2D eigenvalue weighted by molar-refractivity contribution is 0.585. The Morgan fingerprint density at radius 1 is 1.14 bits per heavy atom. The first-order chi connectivity index (χ1) is 13.1. The molecular formula is C22H33IN4O. The molecule has 28 heavy (non-hydrogen) atoms. The molecule has 0 saturated carbocycles. The number of pyridine rings is 1. The van der Waals surface area contributed by atoms with Crippen molar-refractivity contribution in [1.82, 2.24) is 15.2 Å². The van der Waals surface area contributed by atoms with E-state index in [-0.39, 0.29) is 29.5 Å². The van der Waals surface area contributed by atoms with Gasteiger partial charge in [-0.15, -0.1) is 24.0 Å². The van der Waals surface area contributed by atoms with E-state index in [1.807, 2.05) is 12.3 Å². The van der Waals surface area contributed by atoms with Crippen LogP contribution < -0.4 is 16.2 Å². The second kappa shape index (κ2) is 13.4. The first-order valence-corrected chi connectivity index (χ1v) is 9.84. The van der Waals surface area contributed by atoms with E-state index in [9.17, 15) is 4.79 Å². The molecule has 1 atom stereocenters. The maximum absolute atomic E-state index is 11.7. The maximum Gasteiger partial charge on any atom is 0.250 e. The van der Waals surface area contributed by atoms with Crippen LogP contribution in [0.25, 0.3) is 0 Å². The largest absolute Gasteiger partial charge is 0.357 e. The molecule has 6 heteroatoms. The van der Waals surface area contributed by atoms with E-state index in [4.69, 9.17) is 4.99 Å². The lowest BCUT2D eigenvalue weighted by Crippen LogP contribution is -2.38. The molecule has 1 aromatic carbocycles. The van der Waals surface area contributed by atoms with E-state index in [1.54, 1.807) is 16.7 Å². The highest BCUT2D eigenvalue weighted by Crippen LogP contribution is 2.16. The lowest BCUT2D eigenvalue weighted by atomic mass is 10.00. The normalized spacial score (nSPS) is 12.2. The van der Waals surface area contributed by atoms with Gasteiger partial charge in [0.1, 0.15) is 0 Å². The highest BCUT2D eigenvalue weighted by molar-refractivity contribution is 14.0. The topological polar surface area (TPSA) is 58.4 Å². The SMILES string of the molecule is CCNC(=NCC(C)c1cccc(C)c1)NCCCCn1ccccc1=O.I. The smallest absolute Gasteiger partial charge is 0.250 e. The zero-order valence-electron chi connectivity index (χ0n) is 17.1. The summed E-state index contributed by atoms with van der Waals surface area (Å²) in [5.41, 5.74) is 2.67. The molecule has 1 unspecified atom stereocenters. The van der Waals surface area contributed by atoms with Crippen molar-refractivity contribution >= 4 is 29.9 Å². The quantitative estimate of drug-likeness (QED) is 0.240. The van der Waals surface area contributed by atoms with Crippen molar-refractivity contribution in [1.29, 1.82) is 0 Å². The van der Waals surface area contributed by atoms with Gasteiger partial charge in [-0.25, -0.2) is 0 Å². The van der Waals surface area contributed by atoms with Crippen LogP contribution in [0.5, 0.6) is 0 Å². The third-order valence-electron chi connectivity index (χ3n) is 4.50. The van der Waals surface area contributed by atoms with Crippen molar-refractivity contribution in [2.75, 3.05) is 19.6 Å². The van der Waals surface area contributed by atoms with Gasteiger partial charge in [0, 0.05) is 44.4 Å². The predicted molar refractivity (Wildman–Crippen MR) is 129 cm³/mol. The molecule has 2 N–H and O–H groups in total. The van der Waals surface area contributed by atoms with E-state index >= 15 is 0 Å². The number of aliphatic imine (C=N–C) groups is 1. The number of unbranched alkanes of at least 4 members (excludes halogenated alkanes) is 1. The summed E-state index contributed by atoms with van der Waals surface area (Å²) in [6.45, 7) is 9.57. The van der Waals surface area contributed by atoms with Gasteiger partial charge in [-0.05, 0) is 38.3 Å². The summed E-state index contributed by atoms with van der Waals surface area (Å²) >= 11 is 0. The van der Waals surface area contributed by atoms with Crippen LogP contribution in [0.4, 0.5) is 0 Å². The van der Waals surface area contributed by atoms with Crippen molar-refractivity contribution < 1.29 is 0 Å². The van der Waals surface area contributed by atoms with Crippen LogP contribution in [0.3, 0.4) is 0 Å². The molecule has 1 heterocycles. The molecule has 5 nitrogen and oxygen atoms in total. The van der Waals surface area contributed by atoms with Crippen LogP contribution in [0.1, 0.15) is 43.7 Å². The first-order valence-electron chi connectivity index (χ1n) is 9.84. The molecule has 0 aliphatic rings. The molecule has 154 valence electrons. The monoisotopic (exact) mass is 496 g/mol. The van der Waals surface area contributed by atoms with E-state index < -0.39 is 0 Å². The number of hydrogen-bond donors (Lipinski definition) is 2. The van der Waals surface area contributed by atoms with Crippen LogP contribution in [-0.4, -0.2) is 30.2 Å². The molecule has 2 aromatic rings. The van der Waals surface area contributed by atoms with Gasteiger partial charge in [-0.2, -0.15) is 0 Å². The number of nitrogens with zero attached hydrogens (tertiary/aromatic N) is 2. The summed E-state index contributed by atoms with van der Waals surface area (Å²) in [4.78, 5) is 16.4. The lowest BCUT2D eigenvalue weighted by Gasteiger charge is -2.14. The van der Waals surface area contributed by atoms with Gasteiger partial charge >= 0.3 is 0 Å². The molecule has 1 aromatic heterocycles. The molecule has 0 bridgehead atoms. The minimum Gasteiger partial charge on any atom is -0.357 e. The molecule has 0 amide bonds. The molecular weight excluding hydrogens is 463 g/mol. The molecule has 0 aliphatic heterocycles. The van der Waals surface area contributed by atoms with Gasteiger partial charge in [-0.3, -0.25) is 9.79 Å². The fourth-order valence-electron chi connectivity index (χ4n) is 2.91. The average Bonchev–Trinajstić information content (AvgIpc) is 2.66. The Kier molecular flexibility index (Phi) is 11.6. The number of benzene rings is 1. The van der Waals surface area contributed by atoms with Crippen LogP contribution in [0.15, 0.2) is 58.4 Å². The summed E-state index contributed by atoms with van der Waals surface area (Å²) < 4.78 is 1.75. The predicted octanol–water partition coefficient (Wildman–Crippen LogP) is 3.91. The molecule has 0 aliphatic carbocycles. The fraction of sp³-hybridized carbons (Fsp3) is 0.455. The van der Waals surface area contributed by atoms with Crippen molar-refractivity contribution in [3.8, 4) is 0 Å². The van der Waals surface area contributed by atoms with Crippen LogP contribution in [-0.2, 0) is 6.54 Å². The maximum atomic E-state index is 11.7. The first kappa shape index (κ1) is 24.2. The molecule has 0 fully saturated rings. The van der Waals surface area contributed by atoms with Crippen molar-refractivity contribution in [3.05, 3.63) is 70.1 Å². The Hall–Kier alpha value is -1.83. The highest BCUT2D eigenvalue weighted by Gasteiger charge is 2.06. The number of guanidine groups is 1. The summed E-state index contributed by atoms with van der Waals surface area (Å²) in [7, 11) is 0. The van der Waals surface area contributed by atoms with E-state index in [2.05, 4.69) is 55.7 Å². The second-order valence-electron chi connectivity index (χ2n) is 6.90. The summed E-state index contributed by atoms with van der Waals surface area (Å²) in [5, 5.41) is 6.69. The van der Waals surface area contributed by atoms with Crippen LogP contribution in [0.2, 0.25) is 0 Å². The van der Waals surface area contributed by atoms with E-state index in [0.29, 0.717) is 5.92 Å². The highest BCUT2D eigenvalue weighted by atomic mass is 127. The number of halogens is 1. The van der Waals surface area contributed by atoms with Gasteiger partial charge < -0.3 is 15.2 Å². The molecule has 0 radical (unpaired) electrons. The Balaban J connectivity index is 0.00000392. The zero-order chi connectivity index (χ0) is 19.5. The minimum absolute atomic E-state index is 0. The molecule has 0 saturated heterocycles. The second-order valence-corrected chi connectivity index (χ2v) is 6.90. The number of hydrogen-bond acceptors (Lipinski definition) is 2. The van der Waals surface area contributed by atoms with Crippen molar-refractivity contribution in [3.63, 3.8) is 0 Å². The summed E-state index contributed by atoms with van der Waals surface area (Å²) in [6, 6.07) is 13.9. The standard InChI is InChI=1S/C22H32N4O.HI/c1-4-23-22(25-17-19(3)20-11-9-10-18(2)16-20)24-13-6-8-15-26-14-7-5-12-21(26)27;/h5,7,9-12,14,16,19H,4,6,8,13,15,17H2,1-3H3,(H2,23,24,25);1H. The molecule has 0 spiro atoms. The number of aryl methyl sites for hydroxylation is 2. The summed E-state index contributed by atoms with van der Waals surface area (Å²) in [6.07, 6.45) is 3.78. The zero-order valence-corrected chi connectivity index (χ0v) is 19.5. The Morgan fingerprint density at radius 2 is 1.96 bits per heavy atom. The van der Waals surface area contributed by atoms with Gasteiger partial charge in [-0.1, -0.05) is 42.8 Å². The Labute approximate surface area is 185 Å². The third kappa shape index (κ3) is 8.46. The van der Waals surface area contributed by atoms with Crippen LogP contribution in [0, 0.1) is 6.92 Å². The fourth-order valence-corrected chi connectivity index (χ4v) is 2.91. The minimum atomic E-state index is 0. The Bertz CT molecular complexity index is 788. The number of aromatic nitrogens is 1. The van der Waals surface area contributed by atoms with E-state index in [0.717, 1.165) is 45.0 Å². The number of nitrogens with one attached hydrogen (secondary N) is 2. The summed E-state index contributed by atoms with van der Waals surface area (Å²) in [5.74, 6) is 1.24. The van der Waals surface area contributed by atoms with Crippen molar-refractivity contribution in [2.24, 2.45) is 4.99 Å². The van der Waals surface area contributed by atoms with Gasteiger partial charge in [0.2, 0.25) is 5.56 Å². The third-order valence-corrected chi connectivity index (χ3v) is 4.50. The van der Waals surface area contributed by atoms with Gasteiger partial charge in [0.15, 0.2) is 5.96 Å². The Morgan fingerprint density at radius 3 is 2.68 bits per heavy atom.